The standard InChI is InChI=1S/C15H13FN2O2/c16-11-5-3-4-10(8-11)12(17)9-18-13-6-1-2-7-14(13)20-15(18)19/h1-8,12H,9,17H2. The fourth-order valence-electron chi connectivity index (χ4n) is 2.23. The summed E-state index contributed by atoms with van der Waals surface area (Å²) in [6, 6.07) is 12.7. The third-order valence-electron chi connectivity index (χ3n) is 3.23. The summed E-state index contributed by atoms with van der Waals surface area (Å²) in [7, 11) is 0. The van der Waals surface area contributed by atoms with Crippen molar-refractivity contribution in [2.75, 3.05) is 0 Å². The summed E-state index contributed by atoms with van der Waals surface area (Å²) in [4.78, 5) is 11.8. The molecule has 0 aliphatic heterocycles. The lowest BCUT2D eigenvalue weighted by atomic mass is 10.1. The molecule has 0 fully saturated rings. The van der Waals surface area contributed by atoms with E-state index in [9.17, 15) is 9.18 Å². The molecule has 0 radical (unpaired) electrons. The SMILES string of the molecule is NC(Cn1c(=O)oc2ccccc21)c1cccc(F)c1. The molecule has 2 N–H and O–H groups in total. The lowest BCUT2D eigenvalue weighted by Crippen LogP contribution is -2.23. The van der Waals surface area contributed by atoms with E-state index < -0.39 is 11.8 Å². The Bertz CT molecular complexity index is 807. The van der Waals surface area contributed by atoms with Crippen molar-refractivity contribution in [3.63, 3.8) is 0 Å². The lowest BCUT2D eigenvalue weighted by Gasteiger charge is -2.12. The largest absolute Gasteiger partial charge is 0.420 e. The summed E-state index contributed by atoms with van der Waals surface area (Å²) in [5.74, 6) is -0.805. The average molecular weight is 272 g/mol. The molecule has 1 heterocycles. The molecule has 0 bridgehead atoms. The van der Waals surface area contributed by atoms with Gasteiger partial charge in [0, 0.05) is 12.6 Å². The molecule has 0 amide bonds. The van der Waals surface area contributed by atoms with Crippen molar-refractivity contribution < 1.29 is 8.81 Å². The molecule has 1 atom stereocenters. The van der Waals surface area contributed by atoms with Gasteiger partial charge in [0.1, 0.15) is 5.82 Å². The van der Waals surface area contributed by atoms with Crippen LogP contribution in [0.15, 0.2) is 57.7 Å². The number of rotatable bonds is 3. The van der Waals surface area contributed by atoms with Crippen molar-refractivity contribution in [3.05, 3.63) is 70.5 Å². The molecule has 2 aromatic carbocycles. The van der Waals surface area contributed by atoms with E-state index in [4.69, 9.17) is 10.2 Å². The number of fused-ring (bicyclic) bond motifs is 1. The molecule has 3 rings (SSSR count). The summed E-state index contributed by atoms with van der Waals surface area (Å²) in [6.45, 7) is 0.235. The molecule has 0 aliphatic carbocycles. The van der Waals surface area contributed by atoms with E-state index in [1.165, 1.54) is 16.7 Å². The molecule has 102 valence electrons. The van der Waals surface area contributed by atoms with E-state index in [0.29, 0.717) is 16.7 Å². The molecule has 5 heteroatoms. The maximum absolute atomic E-state index is 13.2. The molecule has 4 nitrogen and oxygen atoms in total. The van der Waals surface area contributed by atoms with Crippen LogP contribution in [0.25, 0.3) is 11.1 Å². The first-order chi connectivity index (χ1) is 9.65. The Morgan fingerprint density at radius 3 is 2.80 bits per heavy atom. The van der Waals surface area contributed by atoms with Crippen LogP contribution in [0, 0.1) is 5.82 Å². The van der Waals surface area contributed by atoms with Crippen LogP contribution in [0.5, 0.6) is 0 Å². The molecule has 0 spiro atoms. The number of aromatic nitrogens is 1. The molecular formula is C15H13FN2O2. The van der Waals surface area contributed by atoms with Crippen LogP contribution in [-0.2, 0) is 6.54 Å². The molecule has 0 aliphatic rings. The topological polar surface area (TPSA) is 61.2 Å². The number of hydrogen-bond donors (Lipinski definition) is 1. The zero-order chi connectivity index (χ0) is 14.1. The zero-order valence-corrected chi connectivity index (χ0v) is 10.6. The second kappa shape index (κ2) is 4.94. The van der Waals surface area contributed by atoms with E-state index in [0.717, 1.165) is 0 Å². The van der Waals surface area contributed by atoms with E-state index in [1.54, 1.807) is 30.3 Å². The summed E-state index contributed by atoms with van der Waals surface area (Å²) >= 11 is 0. The van der Waals surface area contributed by atoms with Crippen LogP contribution >= 0.6 is 0 Å². The smallest absolute Gasteiger partial charge is 0.408 e. The first kappa shape index (κ1) is 12.6. The number of halogens is 1. The van der Waals surface area contributed by atoms with Gasteiger partial charge in [-0.15, -0.1) is 0 Å². The molecule has 1 unspecified atom stereocenters. The second-order valence-electron chi connectivity index (χ2n) is 4.61. The minimum atomic E-state index is -0.482. The fraction of sp³-hybridized carbons (Fsp3) is 0.133. The van der Waals surface area contributed by atoms with E-state index in [-0.39, 0.29) is 12.4 Å². The Hall–Kier alpha value is -2.40. The molecule has 20 heavy (non-hydrogen) atoms. The summed E-state index contributed by atoms with van der Waals surface area (Å²) < 4.78 is 19.8. The Labute approximate surface area is 114 Å². The quantitative estimate of drug-likeness (QED) is 0.796. The second-order valence-corrected chi connectivity index (χ2v) is 4.61. The molecule has 1 aromatic heterocycles. The van der Waals surface area contributed by atoms with Crippen molar-refractivity contribution in [3.8, 4) is 0 Å². The normalized spacial score (nSPS) is 12.7. The highest BCUT2D eigenvalue weighted by molar-refractivity contribution is 5.72. The van der Waals surface area contributed by atoms with E-state index >= 15 is 0 Å². The number of benzene rings is 2. The Kier molecular flexibility index (Phi) is 3.12. The molecule has 0 saturated carbocycles. The molecular weight excluding hydrogens is 259 g/mol. The highest BCUT2D eigenvalue weighted by Crippen LogP contribution is 2.17. The van der Waals surface area contributed by atoms with Gasteiger partial charge in [-0.05, 0) is 29.8 Å². The van der Waals surface area contributed by atoms with Gasteiger partial charge in [-0.3, -0.25) is 4.57 Å². The first-order valence-corrected chi connectivity index (χ1v) is 6.24. The Balaban J connectivity index is 1.97. The fourth-order valence-corrected chi connectivity index (χ4v) is 2.23. The van der Waals surface area contributed by atoms with Crippen LogP contribution in [0.3, 0.4) is 0 Å². The highest BCUT2D eigenvalue weighted by atomic mass is 19.1. The third-order valence-corrected chi connectivity index (χ3v) is 3.23. The van der Waals surface area contributed by atoms with Crippen molar-refractivity contribution in [2.24, 2.45) is 5.73 Å². The minimum Gasteiger partial charge on any atom is -0.408 e. The van der Waals surface area contributed by atoms with Crippen LogP contribution in [-0.4, -0.2) is 4.57 Å². The van der Waals surface area contributed by atoms with Crippen LogP contribution in [0.1, 0.15) is 11.6 Å². The summed E-state index contributed by atoms with van der Waals surface area (Å²) in [5.41, 5.74) is 7.89. The van der Waals surface area contributed by atoms with Gasteiger partial charge in [-0.2, -0.15) is 0 Å². The Morgan fingerprint density at radius 1 is 1.20 bits per heavy atom. The van der Waals surface area contributed by atoms with Gasteiger partial charge in [0.15, 0.2) is 5.58 Å². The van der Waals surface area contributed by atoms with Crippen molar-refractivity contribution in [1.29, 1.82) is 0 Å². The lowest BCUT2D eigenvalue weighted by molar-refractivity contribution is 0.479. The molecule has 3 aromatic rings. The number of nitrogens with two attached hydrogens (primary N) is 1. The van der Waals surface area contributed by atoms with Crippen LogP contribution in [0.4, 0.5) is 4.39 Å². The van der Waals surface area contributed by atoms with Gasteiger partial charge >= 0.3 is 5.76 Å². The third kappa shape index (κ3) is 2.23. The first-order valence-electron chi connectivity index (χ1n) is 6.24. The summed E-state index contributed by atoms with van der Waals surface area (Å²) in [6.07, 6.45) is 0. The van der Waals surface area contributed by atoms with Gasteiger partial charge in [0.2, 0.25) is 0 Å². The van der Waals surface area contributed by atoms with Crippen molar-refractivity contribution in [1.82, 2.24) is 4.57 Å². The van der Waals surface area contributed by atoms with Gasteiger partial charge < -0.3 is 10.2 Å². The number of oxazole rings is 1. The predicted molar refractivity (Wildman–Crippen MR) is 73.8 cm³/mol. The van der Waals surface area contributed by atoms with Gasteiger partial charge in [-0.25, -0.2) is 9.18 Å². The predicted octanol–water partition coefficient (Wildman–Crippen LogP) is 2.43. The van der Waals surface area contributed by atoms with Gasteiger partial charge in [0.25, 0.3) is 0 Å². The van der Waals surface area contributed by atoms with Crippen LogP contribution in [0.2, 0.25) is 0 Å². The molecule has 0 saturated heterocycles. The van der Waals surface area contributed by atoms with Gasteiger partial charge in [-0.1, -0.05) is 24.3 Å². The Morgan fingerprint density at radius 2 is 2.00 bits per heavy atom. The van der Waals surface area contributed by atoms with Crippen molar-refractivity contribution >= 4 is 11.1 Å². The van der Waals surface area contributed by atoms with Gasteiger partial charge in [0.05, 0.1) is 5.52 Å². The number of hydrogen-bond acceptors (Lipinski definition) is 3. The average Bonchev–Trinajstić information content (AvgIpc) is 2.75. The minimum absolute atomic E-state index is 0.235. The maximum atomic E-state index is 13.2. The van der Waals surface area contributed by atoms with E-state index in [1.807, 2.05) is 6.07 Å². The zero-order valence-electron chi connectivity index (χ0n) is 10.6. The highest BCUT2D eigenvalue weighted by Gasteiger charge is 2.13. The van der Waals surface area contributed by atoms with Crippen LogP contribution < -0.4 is 11.5 Å². The van der Waals surface area contributed by atoms with E-state index in [2.05, 4.69) is 0 Å². The summed E-state index contributed by atoms with van der Waals surface area (Å²) in [5, 5.41) is 0. The number of nitrogens with zero attached hydrogens (tertiary/aromatic N) is 1. The monoisotopic (exact) mass is 272 g/mol. The van der Waals surface area contributed by atoms with Crippen molar-refractivity contribution in [2.45, 2.75) is 12.6 Å². The number of para-hydroxylation sites is 2. The maximum Gasteiger partial charge on any atom is 0.420 e.